The summed E-state index contributed by atoms with van der Waals surface area (Å²) in [4.78, 5) is 4.49. The maximum absolute atomic E-state index is 5.52. The van der Waals surface area contributed by atoms with Crippen molar-refractivity contribution >= 4 is 0 Å². The van der Waals surface area contributed by atoms with Gasteiger partial charge in [0.25, 0.3) is 0 Å². The zero-order valence-electron chi connectivity index (χ0n) is 12.2. The molecule has 5 heteroatoms. The van der Waals surface area contributed by atoms with Gasteiger partial charge in [-0.25, -0.2) is 0 Å². The van der Waals surface area contributed by atoms with Crippen LogP contribution in [-0.4, -0.2) is 23.2 Å². The normalized spacial score (nSPS) is 22.8. The highest BCUT2D eigenvalue weighted by atomic mass is 16.5. The second-order valence-electron chi connectivity index (χ2n) is 5.97. The summed E-state index contributed by atoms with van der Waals surface area (Å²) in [7, 11) is 0. The molecule has 0 amide bonds. The third-order valence-corrected chi connectivity index (χ3v) is 4.10. The Bertz CT molecular complexity index is 573. The van der Waals surface area contributed by atoms with Gasteiger partial charge in [0.1, 0.15) is 0 Å². The Labute approximate surface area is 118 Å². The molecule has 0 aromatic carbocycles. The van der Waals surface area contributed by atoms with E-state index in [-0.39, 0.29) is 0 Å². The van der Waals surface area contributed by atoms with Crippen molar-refractivity contribution in [1.82, 2.24) is 15.5 Å². The van der Waals surface area contributed by atoms with E-state index in [1.165, 1.54) is 0 Å². The van der Waals surface area contributed by atoms with Gasteiger partial charge in [-0.05, 0) is 36.9 Å². The lowest BCUT2D eigenvalue weighted by Crippen LogP contribution is -2.13. The summed E-state index contributed by atoms with van der Waals surface area (Å²) in [5.74, 6) is 3.60. The fourth-order valence-electron chi connectivity index (χ4n) is 2.75. The van der Waals surface area contributed by atoms with Crippen LogP contribution in [0.25, 0.3) is 11.6 Å². The summed E-state index contributed by atoms with van der Waals surface area (Å²) in [6.07, 6.45) is 2.52. The van der Waals surface area contributed by atoms with Crippen molar-refractivity contribution in [2.45, 2.75) is 33.1 Å². The Balaban J connectivity index is 1.78. The van der Waals surface area contributed by atoms with E-state index in [0.29, 0.717) is 29.5 Å². The van der Waals surface area contributed by atoms with Crippen LogP contribution in [-0.2, 0) is 6.42 Å². The predicted molar refractivity (Wildman–Crippen MR) is 75.3 cm³/mol. The number of furan rings is 1. The SMILES string of the molecule is CC(C)c1ccoc1-c1noc(C[C@@H]2CNC[C@H]2C)n1. The molecule has 1 aliphatic rings. The molecule has 2 aromatic rings. The van der Waals surface area contributed by atoms with Crippen molar-refractivity contribution in [3.8, 4) is 11.6 Å². The van der Waals surface area contributed by atoms with E-state index >= 15 is 0 Å². The van der Waals surface area contributed by atoms with Gasteiger partial charge in [0.05, 0.1) is 6.26 Å². The van der Waals surface area contributed by atoms with Crippen LogP contribution in [0.1, 0.15) is 38.1 Å². The van der Waals surface area contributed by atoms with E-state index in [2.05, 4.69) is 36.2 Å². The average Bonchev–Trinajstić information content (AvgIpc) is 3.11. The molecule has 0 saturated carbocycles. The fraction of sp³-hybridized carbons (Fsp3) is 0.600. The Morgan fingerprint density at radius 3 is 2.95 bits per heavy atom. The van der Waals surface area contributed by atoms with Crippen molar-refractivity contribution < 1.29 is 8.94 Å². The van der Waals surface area contributed by atoms with E-state index in [1.807, 2.05) is 6.07 Å². The molecule has 3 rings (SSSR count). The Kier molecular flexibility index (Phi) is 3.61. The molecule has 1 aliphatic heterocycles. The molecule has 0 aliphatic carbocycles. The molecular weight excluding hydrogens is 254 g/mol. The third kappa shape index (κ3) is 2.50. The van der Waals surface area contributed by atoms with Crippen molar-refractivity contribution in [2.24, 2.45) is 11.8 Å². The van der Waals surface area contributed by atoms with E-state index in [0.717, 1.165) is 30.8 Å². The number of nitrogens with one attached hydrogen (secondary N) is 1. The summed E-state index contributed by atoms with van der Waals surface area (Å²) in [6, 6.07) is 1.97. The van der Waals surface area contributed by atoms with Crippen LogP contribution in [0.5, 0.6) is 0 Å². The van der Waals surface area contributed by atoms with Crippen molar-refractivity contribution in [3.63, 3.8) is 0 Å². The van der Waals surface area contributed by atoms with Crippen molar-refractivity contribution in [1.29, 1.82) is 0 Å². The van der Waals surface area contributed by atoms with Crippen LogP contribution < -0.4 is 5.32 Å². The average molecular weight is 275 g/mol. The molecule has 2 aromatic heterocycles. The van der Waals surface area contributed by atoms with Crippen LogP contribution in [0.3, 0.4) is 0 Å². The number of nitrogens with zero attached hydrogens (tertiary/aromatic N) is 2. The predicted octanol–water partition coefficient (Wildman–Crippen LogP) is 2.85. The van der Waals surface area contributed by atoms with Gasteiger partial charge in [-0.3, -0.25) is 0 Å². The first-order valence-electron chi connectivity index (χ1n) is 7.26. The lowest BCUT2D eigenvalue weighted by atomic mass is 9.95. The van der Waals surface area contributed by atoms with Crippen LogP contribution in [0, 0.1) is 11.8 Å². The zero-order valence-corrected chi connectivity index (χ0v) is 12.2. The van der Waals surface area contributed by atoms with Gasteiger partial charge in [-0.15, -0.1) is 0 Å². The molecule has 1 fully saturated rings. The molecule has 0 bridgehead atoms. The first kappa shape index (κ1) is 13.4. The first-order valence-corrected chi connectivity index (χ1v) is 7.26. The molecule has 2 atom stereocenters. The summed E-state index contributed by atoms with van der Waals surface area (Å²) >= 11 is 0. The van der Waals surface area contributed by atoms with Crippen LogP contribution in [0.15, 0.2) is 21.3 Å². The Hall–Kier alpha value is -1.62. The van der Waals surface area contributed by atoms with E-state index in [4.69, 9.17) is 8.94 Å². The highest BCUT2D eigenvalue weighted by molar-refractivity contribution is 5.52. The number of hydrogen-bond donors (Lipinski definition) is 1. The zero-order chi connectivity index (χ0) is 14.1. The summed E-state index contributed by atoms with van der Waals surface area (Å²) in [6.45, 7) is 8.60. The largest absolute Gasteiger partial charge is 0.461 e. The number of rotatable bonds is 4. The fourth-order valence-corrected chi connectivity index (χ4v) is 2.75. The Morgan fingerprint density at radius 1 is 1.40 bits per heavy atom. The van der Waals surface area contributed by atoms with E-state index in [9.17, 15) is 0 Å². The molecular formula is C15H21N3O2. The number of aromatic nitrogens is 2. The van der Waals surface area contributed by atoms with Crippen LogP contribution in [0.2, 0.25) is 0 Å². The van der Waals surface area contributed by atoms with Gasteiger partial charge >= 0.3 is 0 Å². The van der Waals surface area contributed by atoms with E-state index in [1.54, 1.807) is 6.26 Å². The second kappa shape index (κ2) is 5.40. The molecule has 3 heterocycles. The second-order valence-corrected chi connectivity index (χ2v) is 5.97. The van der Waals surface area contributed by atoms with Gasteiger partial charge in [0.15, 0.2) is 5.76 Å². The highest BCUT2D eigenvalue weighted by Crippen LogP contribution is 2.29. The summed E-state index contributed by atoms with van der Waals surface area (Å²) in [5.41, 5.74) is 1.12. The maximum Gasteiger partial charge on any atom is 0.238 e. The first-order chi connectivity index (χ1) is 9.65. The minimum atomic E-state index is 0.379. The van der Waals surface area contributed by atoms with Crippen molar-refractivity contribution in [3.05, 3.63) is 23.8 Å². The topological polar surface area (TPSA) is 64.1 Å². The molecule has 20 heavy (non-hydrogen) atoms. The van der Waals surface area contributed by atoms with Crippen LogP contribution >= 0.6 is 0 Å². The maximum atomic E-state index is 5.52. The molecule has 1 N–H and O–H groups in total. The smallest absolute Gasteiger partial charge is 0.238 e. The molecule has 108 valence electrons. The van der Waals surface area contributed by atoms with Gasteiger partial charge < -0.3 is 14.3 Å². The summed E-state index contributed by atoms with van der Waals surface area (Å²) < 4.78 is 10.9. The quantitative estimate of drug-likeness (QED) is 0.929. The third-order valence-electron chi connectivity index (χ3n) is 4.10. The molecule has 0 spiro atoms. The Morgan fingerprint density at radius 2 is 2.25 bits per heavy atom. The highest BCUT2D eigenvalue weighted by Gasteiger charge is 2.26. The molecule has 0 radical (unpaired) electrons. The lowest BCUT2D eigenvalue weighted by Gasteiger charge is -2.10. The van der Waals surface area contributed by atoms with E-state index < -0.39 is 0 Å². The minimum absolute atomic E-state index is 0.379. The van der Waals surface area contributed by atoms with Crippen molar-refractivity contribution in [2.75, 3.05) is 13.1 Å². The molecule has 5 nitrogen and oxygen atoms in total. The van der Waals surface area contributed by atoms with Gasteiger partial charge in [-0.1, -0.05) is 25.9 Å². The summed E-state index contributed by atoms with van der Waals surface area (Å²) in [5, 5.41) is 7.46. The minimum Gasteiger partial charge on any atom is -0.461 e. The van der Waals surface area contributed by atoms with Gasteiger partial charge in [0.2, 0.25) is 11.7 Å². The van der Waals surface area contributed by atoms with Crippen LogP contribution in [0.4, 0.5) is 0 Å². The molecule has 1 saturated heterocycles. The number of hydrogen-bond acceptors (Lipinski definition) is 5. The standard InChI is InChI=1S/C15H21N3O2/c1-9(2)12-4-5-19-14(12)15-17-13(20-18-15)6-11-8-16-7-10(11)3/h4-5,9-11,16H,6-8H2,1-3H3/t10-,11-/m1/s1. The van der Waals surface area contributed by atoms with Gasteiger partial charge in [-0.2, -0.15) is 4.98 Å². The monoisotopic (exact) mass is 275 g/mol. The van der Waals surface area contributed by atoms with Gasteiger partial charge in [0, 0.05) is 12.0 Å². The molecule has 0 unspecified atom stereocenters. The lowest BCUT2D eigenvalue weighted by molar-refractivity contribution is 0.337.